The minimum absolute atomic E-state index is 0.109. The lowest BCUT2D eigenvalue weighted by atomic mass is 9.66. The Balaban J connectivity index is 1.74. The molecule has 5 rings (SSSR count). The molecule has 142 valence electrons. The summed E-state index contributed by atoms with van der Waals surface area (Å²) in [5.41, 5.74) is 7.57. The predicted octanol–water partition coefficient (Wildman–Crippen LogP) is 3.39. The molecule has 1 saturated carbocycles. The van der Waals surface area contributed by atoms with E-state index in [9.17, 15) is 8.78 Å². The molecule has 2 aromatic heterocycles. The summed E-state index contributed by atoms with van der Waals surface area (Å²) in [7, 11) is 0. The number of halogens is 2. The molecule has 2 bridgehead atoms. The van der Waals surface area contributed by atoms with Crippen LogP contribution in [0.4, 0.5) is 14.7 Å². The van der Waals surface area contributed by atoms with Crippen LogP contribution in [0.5, 0.6) is 0 Å². The Kier molecular flexibility index (Phi) is 3.36. The number of hydrogen-bond donors (Lipinski definition) is 1. The third-order valence-corrected chi connectivity index (χ3v) is 6.61. The van der Waals surface area contributed by atoms with E-state index >= 15 is 0 Å². The smallest absolute Gasteiger partial charge is 0.240 e. The third kappa shape index (κ3) is 1.97. The average molecular weight is 380 g/mol. The highest BCUT2D eigenvalue weighted by atomic mass is 19.1. The molecular weight excluding hydrogens is 362 g/mol. The van der Waals surface area contributed by atoms with Crippen molar-refractivity contribution >= 4 is 5.95 Å². The molecule has 2 atom stereocenters. The van der Waals surface area contributed by atoms with Crippen LogP contribution in [0.25, 0.3) is 11.3 Å². The fourth-order valence-corrected chi connectivity index (χ4v) is 5.28. The summed E-state index contributed by atoms with van der Waals surface area (Å²) in [5, 5.41) is 16.4. The first-order valence-corrected chi connectivity index (χ1v) is 9.14. The van der Waals surface area contributed by atoms with Crippen molar-refractivity contribution in [3.05, 3.63) is 59.0 Å². The molecule has 0 spiro atoms. The summed E-state index contributed by atoms with van der Waals surface area (Å²) < 4.78 is 28.5. The van der Waals surface area contributed by atoms with Crippen LogP contribution in [0.15, 0.2) is 30.5 Å². The molecule has 0 aliphatic heterocycles. The molecule has 8 heteroatoms. The molecule has 0 saturated heterocycles. The molecule has 0 radical (unpaired) electrons. The minimum Gasteiger partial charge on any atom is -0.366 e. The molecular formula is C20H18F2N6. The van der Waals surface area contributed by atoms with E-state index in [4.69, 9.17) is 5.73 Å². The molecule has 28 heavy (non-hydrogen) atoms. The van der Waals surface area contributed by atoms with Gasteiger partial charge in [-0.25, -0.2) is 13.8 Å². The lowest BCUT2D eigenvalue weighted by Crippen LogP contribution is -2.38. The summed E-state index contributed by atoms with van der Waals surface area (Å²) in [5.74, 6) is -1.03. The van der Waals surface area contributed by atoms with Gasteiger partial charge in [-0.1, -0.05) is 19.9 Å². The zero-order valence-electron chi connectivity index (χ0n) is 15.4. The SMILES string of the molecule is CC1(C)[C@H]2CC[C@]1(c1cnnc(N)n1)c1nnc(-c3c(F)cccc3F)cc12. The van der Waals surface area contributed by atoms with E-state index in [0.29, 0.717) is 5.69 Å². The molecule has 1 fully saturated rings. The maximum atomic E-state index is 14.3. The summed E-state index contributed by atoms with van der Waals surface area (Å²) in [4.78, 5) is 4.44. The van der Waals surface area contributed by atoms with Crippen molar-refractivity contribution in [2.75, 3.05) is 5.73 Å². The maximum absolute atomic E-state index is 14.3. The Bertz CT molecular complexity index is 1100. The number of benzene rings is 1. The first-order chi connectivity index (χ1) is 13.4. The second-order valence-electron chi connectivity index (χ2n) is 8.05. The van der Waals surface area contributed by atoms with Gasteiger partial charge in [0.1, 0.15) is 11.6 Å². The van der Waals surface area contributed by atoms with Gasteiger partial charge in [0.25, 0.3) is 0 Å². The molecule has 2 aliphatic rings. The normalized spacial score (nSPS) is 24.4. The van der Waals surface area contributed by atoms with E-state index in [0.717, 1.165) is 24.1 Å². The summed E-state index contributed by atoms with van der Waals surface area (Å²) in [6, 6.07) is 5.55. The van der Waals surface area contributed by atoms with Gasteiger partial charge in [0.2, 0.25) is 5.95 Å². The Morgan fingerprint density at radius 2 is 1.86 bits per heavy atom. The number of nitrogens with two attached hydrogens (primary N) is 1. The van der Waals surface area contributed by atoms with Crippen molar-refractivity contribution in [2.24, 2.45) is 5.41 Å². The number of rotatable bonds is 2. The Labute approximate surface area is 160 Å². The largest absolute Gasteiger partial charge is 0.366 e. The molecule has 2 heterocycles. The Morgan fingerprint density at radius 3 is 2.57 bits per heavy atom. The van der Waals surface area contributed by atoms with Crippen LogP contribution in [-0.2, 0) is 5.41 Å². The first-order valence-electron chi connectivity index (χ1n) is 9.14. The number of hydrogen-bond acceptors (Lipinski definition) is 6. The molecule has 0 amide bonds. The molecule has 1 aromatic carbocycles. The molecule has 3 aromatic rings. The van der Waals surface area contributed by atoms with Crippen molar-refractivity contribution in [1.82, 2.24) is 25.4 Å². The highest BCUT2D eigenvalue weighted by Gasteiger charge is 2.65. The third-order valence-electron chi connectivity index (χ3n) is 6.61. The van der Waals surface area contributed by atoms with Gasteiger partial charge in [0.15, 0.2) is 0 Å². The average Bonchev–Trinajstić information content (AvgIpc) is 3.03. The summed E-state index contributed by atoms with van der Waals surface area (Å²) >= 11 is 0. The van der Waals surface area contributed by atoms with Crippen molar-refractivity contribution in [3.8, 4) is 11.3 Å². The van der Waals surface area contributed by atoms with Crippen LogP contribution in [0.2, 0.25) is 0 Å². The van der Waals surface area contributed by atoms with Crippen LogP contribution in [-0.4, -0.2) is 25.4 Å². The van der Waals surface area contributed by atoms with Gasteiger partial charge in [-0.2, -0.15) is 10.2 Å². The maximum Gasteiger partial charge on any atom is 0.240 e. The second kappa shape index (κ2) is 5.50. The van der Waals surface area contributed by atoms with Crippen LogP contribution < -0.4 is 5.73 Å². The zero-order valence-corrected chi connectivity index (χ0v) is 15.4. The van der Waals surface area contributed by atoms with Crippen LogP contribution in [0.3, 0.4) is 0 Å². The lowest BCUT2D eigenvalue weighted by Gasteiger charge is -2.36. The number of nitrogens with zero attached hydrogens (tertiary/aromatic N) is 5. The van der Waals surface area contributed by atoms with Gasteiger partial charge in [0.05, 0.1) is 34.3 Å². The van der Waals surface area contributed by atoms with Crippen molar-refractivity contribution < 1.29 is 8.78 Å². The predicted molar refractivity (Wildman–Crippen MR) is 98.2 cm³/mol. The van der Waals surface area contributed by atoms with Gasteiger partial charge in [0, 0.05) is 0 Å². The first kappa shape index (κ1) is 17.1. The van der Waals surface area contributed by atoms with Gasteiger partial charge >= 0.3 is 0 Å². The fourth-order valence-electron chi connectivity index (χ4n) is 5.28. The number of aromatic nitrogens is 5. The van der Waals surface area contributed by atoms with Crippen LogP contribution in [0.1, 0.15) is 49.6 Å². The Hall–Kier alpha value is -3.03. The number of nitrogen functional groups attached to an aromatic ring is 1. The van der Waals surface area contributed by atoms with E-state index in [2.05, 4.69) is 39.2 Å². The zero-order chi connectivity index (χ0) is 19.7. The quantitative estimate of drug-likeness (QED) is 0.733. The summed E-state index contributed by atoms with van der Waals surface area (Å²) in [6.45, 7) is 4.32. The lowest BCUT2D eigenvalue weighted by molar-refractivity contribution is 0.242. The molecule has 2 N–H and O–H groups in total. The van der Waals surface area contributed by atoms with Crippen molar-refractivity contribution in [1.29, 1.82) is 0 Å². The number of anilines is 1. The topological polar surface area (TPSA) is 90.5 Å². The van der Waals surface area contributed by atoms with E-state index in [-0.39, 0.29) is 28.5 Å². The van der Waals surface area contributed by atoms with E-state index in [1.165, 1.54) is 18.2 Å². The monoisotopic (exact) mass is 380 g/mol. The van der Waals surface area contributed by atoms with E-state index in [1.54, 1.807) is 12.3 Å². The minimum atomic E-state index is -0.654. The standard InChI is InChI=1S/C20H18F2N6/c1-19(2)11-6-7-20(19,15-9-24-28-18(23)25-15)17-10(11)8-14(26-27-17)16-12(21)4-3-5-13(16)22/h3-5,8-9,11H,6-7H2,1-2H3,(H2,23,25,28)/t11-,20-/m0/s1. The molecule has 2 aliphatic carbocycles. The van der Waals surface area contributed by atoms with Crippen molar-refractivity contribution in [3.63, 3.8) is 0 Å². The molecule has 6 nitrogen and oxygen atoms in total. The van der Waals surface area contributed by atoms with Gasteiger partial charge in [-0.05, 0) is 47.9 Å². The van der Waals surface area contributed by atoms with Crippen LogP contribution in [0, 0.1) is 17.0 Å². The highest BCUT2D eigenvalue weighted by molar-refractivity contribution is 5.64. The summed E-state index contributed by atoms with van der Waals surface area (Å²) in [6.07, 6.45) is 3.37. The van der Waals surface area contributed by atoms with Crippen molar-refractivity contribution in [2.45, 2.75) is 38.0 Å². The van der Waals surface area contributed by atoms with Gasteiger partial charge < -0.3 is 5.73 Å². The molecule has 0 unspecified atom stereocenters. The number of fused-ring (bicyclic) bond motifs is 5. The van der Waals surface area contributed by atoms with E-state index in [1.807, 2.05) is 0 Å². The van der Waals surface area contributed by atoms with Crippen LogP contribution >= 0.6 is 0 Å². The fraction of sp³-hybridized carbons (Fsp3) is 0.350. The highest BCUT2D eigenvalue weighted by Crippen LogP contribution is 2.69. The van der Waals surface area contributed by atoms with Gasteiger partial charge in [-0.3, -0.25) is 0 Å². The second-order valence-corrected chi connectivity index (χ2v) is 8.05. The van der Waals surface area contributed by atoms with E-state index < -0.39 is 17.0 Å². The van der Waals surface area contributed by atoms with Gasteiger partial charge in [-0.15, -0.1) is 10.2 Å². The Morgan fingerprint density at radius 1 is 1.11 bits per heavy atom.